The molecule has 114 valence electrons. The molecule has 0 unspecified atom stereocenters. The van der Waals surface area contributed by atoms with Gasteiger partial charge >= 0.3 is 5.97 Å². The van der Waals surface area contributed by atoms with Crippen molar-refractivity contribution in [2.75, 3.05) is 0 Å². The zero-order chi connectivity index (χ0) is 15.6. The van der Waals surface area contributed by atoms with Crippen LogP contribution in [0.5, 0.6) is 5.75 Å². The summed E-state index contributed by atoms with van der Waals surface area (Å²) in [5, 5.41) is 9.05. The first-order chi connectivity index (χ1) is 9.86. The molecule has 0 aliphatic rings. The molecular weight excluding hydrogens is 268 g/mol. The summed E-state index contributed by atoms with van der Waals surface area (Å²) in [5.74, 6) is 0.900. The lowest BCUT2D eigenvalue weighted by molar-refractivity contribution is -0.136. The van der Waals surface area contributed by atoms with Crippen LogP contribution in [0.25, 0.3) is 11.0 Å². The summed E-state index contributed by atoms with van der Waals surface area (Å²) in [6, 6.07) is 5.73. The van der Waals surface area contributed by atoms with Crippen molar-refractivity contribution < 1.29 is 14.6 Å². The van der Waals surface area contributed by atoms with Crippen molar-refractivity contribution >= 4 is 17.0 Å². The smallest absolute Gasteiger partial charge is 0.311 e. The number of nitrogens with zero attached hydrogens (tertiary/aromatic N) is 2. The van der Waals surface area contributed by atoms with Gasteiger partial charge in [0.1, 0.15) is 18.0 Å². The van der Waals surface area contributed by atoms with Crippen LogP contribution < -0.4 is 4.74 Å². The molecule has 0 amide bonds. The van der Waals surface area contributed by atoms with Crippen LogP contribution in [0.4, 0.5) is 0 Å². The summed E-state index contributed by atoms with van der Waals surface area (Å²) in [7, 11) is 0. The highest BCUT2D eigenvalue weighted by Gasteiger charge is 2.15. The zero-order valence-corrected chi connectivity index (χ0v) is 13.0. The molecule has 0 fully saturated rings. The molecule has 1 aromatic heterocycles. The monoisotopic (exact) mass is 290 g/mol. The van der Waals surface area contributed by atoms with Gasteiger partial charge in [0, 0.05) is 12.6 Å². The number of aliphatic carboxylic acids is 1. The third-order valence-electron chi connectivity index (χ3n) is 3.03. The molecule has 0 spiro atoms. The molecule has 0 saturated carbocycles. The third kappa shape index (κ3) is 3.74. The van der Waals surface area contributed by atoms with Crippen LogP contribution in [0.3, 0.4) is 0 Å². The zero-order valence-electron chi connectivity index (χ0n) is 13.0. The fourth-order valence-electron chi connectivity index (χ4n) is 2.34. The molecule has 1 heterocycles. The first-order valence-electron chi connectivity index (χ1n) is 7.24. The minimum Gasteiger partial charge on any atom is -0.491 e. The first kappa shape index (κ1) is 15.4. The number of hydrogen-bond acceptors (Lipinski definition) is 3. The predicted octanol–water partition coefficient (Wildman–Crippen LogP) is 3.11. The molecule has 5 heteroatoms. The van der Waals surface area contributed by atoms with Crippen LogP contribution in [0.1, 0.15) is 33.5 Å². The number of rotatable bonds is 6. The lowest BCUT2D eigenvalue weighted by Gasteiger charge is -2.12. The van der Waals surface area contributed by atoms with Gasteiger partial charge < -0.3 is 14.4 Å². The second-order valence-electron chi connectivity index (χ2n) is 5.92. The van der Waals surface area contributed by atoms with Gasteiger partial charge in [0.15, 0.2) is 0 Å². The number of carbonyl (C=O) groups is 1. The second kappa shape index (κ2) is 6.16. The molecular formula is C16H22N2O3. The van der Waals surface area contributed by atoms with E-state index in [-0.39, 0.29) is 12.5 Å². The molecule has 0 aliphatic heterocycles. The van der Waals surface area contributed by atoms with Crippen molar-refractivity contribution in [3.8, 4) is 5.75 Å². The Hall–Kier alpha value is -2.04. The maximum atomic E-state index is 11.0. The summed E-state index contributed by atoms with van der Waals surface area (Å²) in [6.07, 6.45) is 0.0283. The summed E-state index contributed by atoms with van der Waals surface area (Å²) >= 11 is 0. The number of hydrogen-bond donors (Lipinski definition) is 1. The van der Waals surface area contributed by atoms with Crippen molar-refractivity contribution in [1.29, 1.82) is 0 Å². The van der Waals surface area contributed by atoms with Gasteiger partial charge in [-0.3, -0.25) is 4.79 Å². The maximum Gasteiger partial charge on any atom is 0.311 e. The number of carboxylic acids is 1. The van der Waals surface area contributed by atoms with Crippen LogP contribution in [-0.2, 0) is 17.8 Å². The number of ether oxygens (including phenoxy) is 1. The fourth-order valence-corrected chi connectivity index (χ4v) is 2.34. The molecule has 2 rings (SSSR count). The number of fused-ring (bicyclic) bond motifs is 1. The second-order valence-corrected chi connectivity index (χ2v) is 5.92. The first-order valence-corrected chi connectivity index (χ1v) is 7.24. The van der Waals surface area contributed by atoms with E-state index >= 15 is 0 Å². The SMILES string of the molecule is CC(C)Cn1c(CC(=O)O)nc2cc(OC(C)C)ccc21. The molecule has 5 nitrogen and oxygen atoms in total. The van der Waals surface area contributed by atoms with Crippen LogP contribution in [0.2, 0.25) is 0 Å². The molecule has 0 bridgehead atoms. The van der Waals surface area contributed by atoms with E-state index in [0.717, 1.165) is 23.3 Å². The average Bonchev–Trinajstić information content (AvgIpc) is 2.64. The van der Waals surface area contributed by atoms with Gasteiger partial charge in [-0.05, 0) is 31.9 Å². The normalized spacial score (nSPS) is 11.5. The Labute approximate surface area is 124 Å². The van der Waals surface area contributed by atoms with Gasteiger partial charge in [-0.2, -0.15) is 0 Å². The molecule has 0 radical (unpaired) electrons. The summed E-state index contributed by atoms with van der Waals surface area (Å²) in [4.78, 5) is 15.5. The highest BCUT2D eigenvalue weighted by Crippen LogP contribution is 2.24. The summed E-state index contributed by atoms with van der Waals surface area (Å²) in [5.41, 5.74) is 1.74. The van der Waals surface area contributed by atoms with E-state index in [0.29, 0.717) is 11.7 Å². The van der Waals surface area contributed by atoms with Gasteiger partial charge in [0.05, 0.1) is 17.1 Å². The Morgan fingerprint density at radius 2 is 2.05 bits per heavy atom. The molecule has 0 atom stereocenters. The highest BCUT2D eigenvalue weighted by atomic mass is 16.5. The molecule has 21 heavy (non-hydrogen) atoms. The standard InChI is InChI=1S/C16H22N2O3/c1-10(2)9-18-14-6-5-12(21-11(3)4)7-13(14)17-15(18)8-16(19)20/h5-7,10-11H,8-9H2,1-4H3,(H,19,20). The van der Waals surface area contributed by atoms with Crippen LogP contribution in [0.15, 0.2) is 18.2 Å². The van der Waals surface area contributed by atoms with Crippen LogP contribution in [-0.4, -0.2) is 26.7 Å². The van der Waals surface area contributed by atoms with Gasteiger partial charge in [-0.15, -0.1) is 0 Å². The predicted molar refractivity (Wildman–Crippen MR) is 81.7 cm³/mol. The topological polar surface area (TPSA) is 64.4 Å². The molecule has 1 aromatic carbocycles. The Balaban J connectivity index is 2.47. The number of aromatic nitrogens is 2. The van der Waals surface area contributed by atoms with E-state index < -0.39 is 5.97 Å². The van der Waals surface area contributed by atoms with Crippen LogP contribution in [0, 0.1) is 5.92 Å². The summed E-state index contributed by atoms with van der Waals surface area (Å²) in [6.45, 7) is 8.90. The molecule has 0 saturated heterocycles. The van der Waals surface area contributed by atoms with Gasteiger partial charge in [0.25, 0.3) is 0 Å². The van der Waals surface area contributed by atoms with Crippen molar-refractivity contribution in [1.82, 2.24) is 9.55 Å². The van der Waals surface area contributed by atoms with E-state index in [1.54, 1.807) is 0 Å². The van der Waals surface area contributed by atoms with Crippen LogP contribution >= 0.6 is 0 Å². The quantitative estimate of drug-likeness (QED) is 0.888. The lowest BCUT2D eigenvalue weighted by Crippen LogP contribution is -2.12. The Morgan fingerprint density at radius 3 is 2.62 bits per heavy atom. The molecule has 2 aromatic rings. The van der Waals surface area contributed by atoms with Crippen molar-refractivity contribution in [3.63, 3.8) is 0 Å². The Kier molecular flexibility index (Phi) is 4.50. The van der Waals surface area contributed by atoms with E-state index in [9.17, 15) is 4.79 Å². The van der Waals surface area contributed by atoms with E-state index in [1.807, 2.05) is 36.6 Å². The van der Waals surface area contributed by atoms with Gasteiger partial charge in [0.2, 0.25) is 0 Å². The molecule has 0 aliphatic carbocycles. The fraction of sp³-hybridized carbons (Fsp3) is 0.500. The van der Waals surface area contributed by atoms with Crippen molar-refractivity contribution in [2.45, 2.75) is 46.8 Å². The molecule has 1 N–H and O–H groups in total. The van der Waals surface area contributed by atoms with E-state index in [4.69, 9.17) is 9.84 Å². The third-order valence-corrected chi connectivity index (χ3v) is 3.03. The Bertz CT molecular complexity index is 644. The lowest BCUT2D eigenvalue weighted by atomic mass is 10.2. The number of imidazole rings is 1. The number of benzene rings is 1. The summed E-state index contributed by atoms with van der Waals surface area (Å²) < 4.78 is 7.66. The van der Waals surface area contributed by atoms with E-state index in [2.05, 4.69) is 18.8 Å². The van der Waals surface area contributed by atoms with E-state index in [1.165, 1.54) is 0 Å². The minimum atomic E-state index is -0.867. The minimum absolute atomic E-state index is 0.0677. The average molecular weight is 290 g/mol. The largest absolute Gasteiger partial charge is 0.491 e. The highest BCUT2D eigenvalue weighted by molar-refractivity contribution is 5.79. The Morgan fingerprint density at radius 1 is 1.33 bits per heavy atom. The van der Waals surface area contributed by atoms with Crippen molar-refractivity contribution in [2.24, 2.45) is 5.92 Å². The van der Waals surface area contributed by atoms with Gasteiger partial charge in [-0.25, -0.2) is 4.98 Å². The maximum absolute atomic E-state index is 11.0. The van der Waals surface area contributed by atoms with Crippen molar-refractivity contribution in [3.05, 3.63) is 24.0 Å². The van der Waals surface area contributed by atoms with Gasteiger partial charge in [-0.1, -0.05) is 13.8 Å². The number of carboxylic acid groups (broad SMARTS) is 1.